The molecule has 1 heterocycles. The van der Waals surface area contributed by atoms with Gasteiger partial charge in [-0.05, 0) is 31.2 Å². The third kappa shape index (κ3) is 4.16. The molecular weight excluding hydrogens is 307 g/mol. The maximum atomic E-state index is 12.8. The van der Waals surface area contributed by atoms with E-state index in [-0.39, 0.29) is 36.2 Å². The maximum absolute atomic E-state index is 12.8. The molecule has 0 saturated heterocycles. The Kier molecular flexibility index (Phi) is 5.12. The van der Waals surface area contributed by atoms with E-state index in [1.807, 2.05) is 0 Å². The zero-order valence-corrected chi connectivity index (χ0v) is 12.7. The van der Waals surface area contributed by atoms with Crippen molar-refractivity contribution in [1.82, 2.24) is 9.78 Å². The molecule has 2 aromatic rings. The molecule has 1 aromatic heterocycles. The van der Waals surface area contributed by atoms with Gasteiger partial charge in [0.25, 0.3) is 0 Å². The number of nitrogens with one attached hydrogen (secondary N) is 1. The van der Waals surface area contributed by atoms with E-state index in [0.29, 0.717) is 5.75 Å². The summed E-state index contributed by atoms with van der Waals surface area (Å²) < 4.78 is 19.4. The summed E-state index contributed by atoms with van der Waals surface area (Å²) in [6.07, 6.45) is -0.908. The highest BCUT2D eigenvalue weighted by molar-refractivity contribution is 5.59. The molecule has 0 amide bonds. The van der Waals surface area contributed by atoms with Crippen molar-refractivity contribution in [3.63, 3.8) is 0 Å². The number of halogens is 1. The van der Waals surface area contributed by atoms with Gasteiger partial charge in [0.2, 0.25) is 5.82 Å². The molecule has 124 valence electrons. The topological polar surface area (TPSA) is 102 Å². The molecule has 0 aliphatic carbocycles. The molecule has 0 aliphatic heterocycles. The zero-order valence-electron chi connectivity index (χ0n) is 12.7. The van der Waals surface area contributed by atoms with Crippen LogP contribution in [0.15, 0.2) is 24.3 Å². The number of aryl methyl sites for hydroxylation is 2. The Balaban J connectivity index is 1.91. The minimum absolute atomic E-state index is 0.0384. The van der Waals surface area contributed by atoms with Crippen LogP contribution in [0.25, 0.3) is 0 Å². The molecular formula is C14H17FN4O4. The lowest BCUT2D eigenvalue weighted by molar-refractivity contribution is -0.384. The van der Waals surface area contributed by atoms with Crippen LogP contribution in [0.4, 0.5) is 15.9 Å². The van der Waals surface area contributed by atoms with Crippen LogP contribution in [0.3, 0.4) is 0 Å². The molecule has 2 N–H and O–H groups in total. The van der Waals surface area contributed by atoms with Crippen molar-refractivity contribution in [2.24, 2.45) is 7.05 Å². The summed E-state index contributed by atoms with van der Waals surface area (Å²) in [6.45, 7) is 1.54. The van der Waals surface area contributed by atoms with Crippen LogP contribution in [0.1, 0.15) is 5.69 Å². The highest BCUT2D eigenvalue weighted by atomic mass is 19.1. The van der Waals surface area contributed by atoms with E-state index in [2.05, 4.69) is 10.4 Å². The van der Waals surface area contributed by atoms with E-state index < -0.39 is 11.0 Å². The quantitative estimate of drug-likeness (QED) is 0.593. The van der Waals surface area contributed by atoms with Crippen molar-refractivity contribution in [2.45, 2.75) is 13.0 Å². The molecule has 0 saturated carbocycles. The van der Waals surface area contributed by atoms with Crippen molar-refractivity contribution in [3.8, 4) is 5.75 Å². The van der Waals surface area contributed by atoms with Crippen molar-refractivity contribution in [3.05, 3.63) is 45.9 Å². The minimum atomic E-state index is -0.908. The molecule has 0 spiro atoms. The molecule has 1 aromatic carbocycles. The van der Waals surface area contributed by atoms with Crippen molar-refractivity contribution in [2.75, 3.05) is 18.5 Å². The van der Waals surface area contributed by atoms with Gasteiger partial charge in [-0.2, -0.15) is 5.10 Å². The Labute approximate surface area is 131 Å². The van der Waals surface area contributed by atoms with Gasteiger partial charge in [0.1, 0.15) is 30.0 Å². The first kappa shape index (κ1) is 16.7. The highest BCUT2D eigenvalue weighted by Crippen LogP contribution is 2.27. The van der Waals surface area contributed by atoms with E-state index >= 15 is 0 Å². The Hall–Kier alpha value is -2.68. The van der Waals surface area contributed by atoms with E-state index in [1.54, 1.807) is 7.05 Å². The Morgan fingerprint density at radius 1 is 1.48 bits per heavy atom. The van der Waals surface area contributed by atoms with Crippen LogP contribution in [0.5, 0.6) is 5.75 Å². The Bertz CT molecular complexity index is 687. The normalized spacial score (nSPS) is 12.0. The summed E-state index contributed by atoms with van der Waals surface area (Å²) in [5, 5.41) is 27.7. The van der Waals surface area contributed by atoms with Crippen LogP contribution in [0, 0.1) is 22.9 Å². The van der Waals surface area contributed by atoms with Gasteiger partial charge < -0.3 is 15.2 Å². The molecule has 0 aliphatic rings. The van der Waals surface area contributed by atoms with E-state index in [0.717, 1.165) is 0 Å². The number of hydrogen-bond donors (Lipinski definition) is 2. The Morgan fingerprint density at radius 2 is 2.13 bits per heavy atom. The SMILES string of the molecule is Cc1nn(C)c(NCC(O)COc2ccc(F)cc2)c1[N+](=O)[O-]. The maximum Gasteiger partial charge on any atom is 0.333 e. The summed E-state index contributed by atoms with van der Waals surface area (Å²) in [7, 11) is 1.57. The van der Waals surface area contributed by atoms with Gasteiger partial charge in [-0.25, -0.2) is 9.07 Å². The number of aromatic nitrogens is 2. The third-order valence-corrected chi connectivity index (χ3v) is 3.13. The zero-order chi connectivity index (χ0) is 17.0. The second-order valence-corrected chi connectivity index (χ2v) is 4.96. The minimum Gasteiger partial charge on any atom is -0.491 e. The number of rotatable bonds is 7. The average molecular weight is 324 g/mol. The van der Waals surface area contributed by atoms with Gasteiger partial charge in [-0.3, -0.25) is 10.1 Å². The van der Waals surface area contributed by atoms with Crippen LogP contribution >= 0.6 is 0 Å². The van der Waals surface area contributed by atoms with E-state index in [9.17, 15) is 19.6 Å². The van der Waals surface area contributed by atoms with Crippen LogP contribution in [0.2, 0.25) is 0 Å². The lowest BCUT2D eigenvalue weighted by Crippen LogP contribution is -2.27. The lowest BCUT2D eigenvalue weighted by atomic mass is 10.3. The molecule has 0 bridgehead atoms. The predicted molar refractivity (Wildman–Crippen MR) is 81.0 cm³/mol. The molecule has 9 heteroatoms. The fourth-order valence-electron chi connectivity index (χ4n) is 2.06. The summed E-state index contributed by atoms with van der Waals surface area (Å²) in [4.78, 5) is 10.5. The number of benzene rings is 1. The molecule has 1 atom stereocenters. The smallest absolute Gasteiger partial charge is 0.333 e. The van der Waals surface area contributed by atoms with Gasteiger partial charge in [-0.1, -0.05) is 0 Å². The number of nitro groups is 1. The fourth-order valence-corrected chi connectivity index (χ4v) is 2.06. The summed E-state index contributed by atoms with van der Waals surface area (Å²) in [6, 6.07) is 5.40. The number of anilines is 1. The average Bonchev–Trinajstić information content (AvgIpc) is 2.78. The van der Waals surface area contributed by atoms with Crippen LogP contribution < -0.4 is 10.1 Å². The largest absolute Gasteiger partial charge is 0.491 e. The van der Waals surface area contributed by atoms with Crippen LogP contribution in [-0.4, -0.2) is 39.1 Å². The van der Waals surface area contributed by atoms with E-state index in [1.165, 1.54) is 35.9 Å². The van der Waals surface area contributed by atoms with Gasteiger partial charge >= 0.3 is 5.69 Å². The molecule has 1 unspecified atom stereocenters. The third-order valence-electron chi connectivity index (χ3n) is 3.13. The Morgan fingerprint density at radius 3 is 2.74 bits per heavy atom. The van der Waals surface area contributed by atoms with Crippen LogP contribution in [-0.2, 0) is 7.05 Å². The summed E-state index contributed by atoms with van der Waals surface area (Å²) in [5.41, 5.74) is 0.163. The standard InChI is InChI=1S/C14H17FN4O4/c1-9-13(19(21)22)14(18(2)17-9)16-7-11(20)8-23-12-5-3-10(15)4-6-12/h3-6,11,16,20H,7-8H2,1-2H3. The first-order chi connectivity index (χ1) is 10.9. The lowest BCUT2D eigenvalue weighted by Gasteiger charge is -2.13. The second-order valence-electron chi connectivity index (χ2n) is 4.96. The molecule has 0 radical (unpaired) electrons. The van der Waals surface area contributed by atoms with Crippen molar-refractivity contribution < 1.29 is 19.2 Å². The van der Waals surface area contributed by atoms with Crippen molar-refractivity contribution in [1.29, 1.82) is 0 Å². The monoisotopic (exact) mass is 324 g/mol. The van der Waals surface area contributed by atoms with E-state index in [4.69, 9.17) is 4.74 Å². The van der Waals surface area contributed by atoms with Crippen molar-refractivity contribution >= 4 is 11.5 Å². The molecule has 8 nitrogen and oxygen atoms in total. The number of aliphatic hydroxyl groups is 1. The molecule has 0 fully saturated rings. The fraction of sp³-hybridized carbons (Fsp3) is 0.357. The number of aliphatic hydroxyl groups excluding tert-OH is 1. The molecule has 2 rings (SSSR count). The first-order valence-electron chi connectivity index (χ1n) is 6.86. The first-order valence-corrected chi connectivity index (χ1v) is 6.86. The van der Waals surface area contributed by atoms with Gasteiger partial charge in [0.15, 0.2) is 0 Å². The van der Waals surface area contributed by atoms with Gasteiger partial charge in [0.05, 0.1) is 4.92 Å². The summed E-state index contributed by atoms with van der Waals surface area (Å²) in [5.74, 6) is 0.264. The highest BCUT2D eigenvalue weighted by Gasteiger charge is 2.24. The second kappa shape index (κ2) is 7.05. The van der Waals surface area contributed by atoms with Gasteiger partial charge in [0, 0.05) is 13.6 Å². The van der Waals surface area contributed by atoms with Gasteiger partial charge in [-0.15, -0.1) is 0 Å². The molecule has 23 heavy (non-hydrogen) atoms. The number of ether oxygens (including phenoxy) is 1. The number of hydrogen-bond acceptors (Lipinski definition) is 6. The number of nitrogens with zero attached hydrogens (tertiary/aromatic N) is 3. The summed E-state index contributed by atoms with van der Waals surface area (Å²) >= 11 is 0. The predicted octanol–water partition coefficient (Wildman–Crippen LogP) is 1.63.